The van der Waals surface area contributed by atoms with Crippen LogP contribution in [0.4, 0.5) is 0 Å². The Hall–Kier alpha value is -1.64. The van der Waals surface area contributed by atoms with E-state index in [2.05, 4.69) is 61.9 Å². The number of benzene rings is 1. The van der Waals surface area contributed by atoms with Gasteiger partial charge in [-0.3, -0.25) is 0 Å². The first-order valence-electron chi connectivity index (χ1n) is 8.04. The van der Waals surface area contributed by atoms with E-state index < -0.39 is 0 Å². The van der Waals surface area contributed by atoms with Crippen molar-refractivity contribution < 1.29 is 4.42 Å². The van der Waals surface area contributed by atoms with Gasteiger partial charge in [0.25, 0.3) is 0 Å². The minimum Gasteiger partial charge on any atom is -0.460 e. The van der Waals surface area contributed by atoms with Gasteiger partial charge >= 0.3 is 0 Å². The van der Waals surface area contributed by atoms with Crippen LogP contribution >= 0.6 is 27.7 Å². The highest BCUT2D eigenvalue weighted by molar-refractivity contribution is 9.10. The molecule has 2 aromatic heterocycles. The summed E-state index contributed by atoms with van der Waals surface area (Å²) in [5.41, 5.74) is 2.30. The number of rotatable bonds is 8. The Kier molecular flexibility index (Phi) is 6.28. The first kappa shape index (κ1) is 18.2. The van der Waals surface area contributed by atoms with Gasteiger partial charge in [0.1, 0.15) is 11.5 Å². The number of halogens is 1. The SMILES string of the molecule is Cc1cc(-c2ccc(CNCCCSc3nnnn3C)o2)ccc1Br. The molecule has 132 valence electrons. The smallest absolute Gasteiger partial charge is 0.209 e. The van der Waals surface area contributed by atoms with Crippen LogP contribution in [0.2, 0.25) is 0 Å². The molecule has 0 aliphatic carbocycles. The second-order valence-electron chi connectivity index (χ2n) is 5.69. The van der Waals surface area contributed by atoms with Crippen LogP contribution in [0.1, 0.15) is 17.7 Å². The molecule has 0 aliphatic rings. The Labute approximate surface area is 159 Å². The number of furan rings is 1. The summed E-state index contributed by atoms with van der Waals surface area (Å²) in [6.45, 7) is 3.73. The Bertz CT molecular complexity index is 832. The molecule has 0 spiro atoms. The lowest BCUT2D eigenvalue weighted by atomic mass is 10.1. The zero-order valence-corrected chi connectivity index (χ0v) is 16.6. The Morgan fingerprint density at radius 3 is 2.92 bits per heavy atom. The van der Waals surface area contributed by atoms with Crippen LogP contribution in [0.5, 0.6) is 0 Å². The predicted octanol–water partition coefficient (Wildman–Crippen LogP) is 3.81. The molecule has 0 saturated carbocycles. The van der Waals surface area contributed by atoms with Crippen molar-refractivity contribution in [3.8, 4) is 11.3 Å². The Balaban J connectivity index is 1.41. The standard InChI is InChI=1S/C17H20BrN5OS/c1-12-10-13(4-6-15(12)18)16-7-5-14(24-16)11-19-8-3-9-25-17-20-21-22-23(17)2/h4-7,10,19H,3,8-9,11H2,1-2H3. The van der Waals surface area contributed by atoms with E-state index >= 15 is 0 Å². The molecular formula is C17H20BrN5OS. The van der Waals surface area contributed by atoms with E-state index in [9.17, 15) is 0 Å². The van der Waals surface area contributed by atoms with Gasteiger partial charge in [-0.05, 0) is 60.1 Å². The highest BCUT2D eigenvalue weighted by Gasteiger charge is 2.06. The summed E-state index contributed by atoms with van der Waals surface area (Å²) in [6, 6.07) is 10.3. The van der Waals surface area contributed by atoms with Gasteiger partial charge in [-0.25, -0.2) is 4.68 Å². The van der Waals surface area contributed by atoms with Crippen LogP contribution in [-0.4, -0.2) is 32.5 Å². The van der Waals surface area contributed by atoms with Crippen molar-refractivity contribution in [2.24, 2.45) is 7.05 Å². The third-order valence-corrected chi connectivity index (χ3v) is 5.70. The van der Waals surface area contributed by atoms with E-state index in [1.807, 2.05) is 19.2 Å². The van der Waals surface area contributed by atoms with Crippen molar-refractivity contribution in [2.75, 3.05) is 12.3 Å². The van der Waals surface area contributed by atoms with Gasteiger partial charge in [0.2, 0.25) is 5.16 Å². The maximum absolute atomic E-state index is 5.93. The van der Waals surface area contributed by atoms with Gasteiger partial charge in [-0.15, -0.1) is 5.10 Å². The van der Waals surface area contributed by atoms with Crippen LogP contribution in [-0.2, 0) is 13.6 Å². The van der Waals surface area contributed by atoms with Gasteiger partial charge in [-0.1, -0.05) is 33.8 Å². The third kappa shape index (κ3) is 4.93. The fraction of sp³-hybridized carbons (Fsp3) is 0.353. The summed E-state index contributed by atoms with van der Waals surface area (Å²) in [4.78, 5) is 0. The summed E-state index contributed by atoms with van der Waals surface area (Å²) in [7, 11) is 1.85. The van der Waals surface area contributed by atoms with Gasteiger partial charge < -0.3 is 9.73 Å². The van der Waals surface area contributed by atoms with E-state index in [4.69, 9.17) is 4.42 Å². The summed E-state index contributed by atoms with van der Waals surface area (Å²) in [6.07, 6.45) is 1.04. The van der Waals surface area contributed by atoms with E-state index in [0.29, 0.717) is 0 Å². The number of aromatic nitrogens is 4. The molecule has 3 rings (SSSR count). The molecule has 0 atom stereocenters. The van der Waals surface area contributed by atoms with Crippen molar-refractivity contribution in [1.29, 1.82) is 0 Å². The van der Waals surface area contributed by atoms with Crippen LogP contribution in [0.3, 0.4) is 0 Å². The molecule has 6 nitrogen and oxygen atoms in total. The minimum absolute atomic E-state index is 0.728. The average molecular weight is 422 g/mol. The molecule has 3 aromatic rings. The molecule has 1 aromatic carbocycles. The highest BCUT2D eigenvalue weighted by atomic mass is 79.9. The fourth-order valence-electron chi connectivity index (χ4n) is 2.34. The number of hydrogen-bond acceptors (Lipinski definition) is 6. The summed E-state index contributed by atoms with van der Waals surface area (Å²) < 4.78 is 8.73. The van der Waals surface area contributed by atoms with Crippen LogP contribution in [0, 0.1) is 6.92 Å². The maximum Gasteiger partial charge on any atom is 0.209 e. The van der Waals surface area contributed by atoms with Crippen LogP contribution in [0.15, 0.2) is 44.4 Å². The first-order chi connectivity index (χ1) is 12.1. The lowest BCUT2D eigenvalue weighted by Crippen LogP contribution is -2.14. The van der Waals surface area contributed by atoms with Gasteiger partial charge in [0.05, 0.1) is 6.54 Å². The molecule has 0 amide bonds. The zero-order chi connectivity index (χ0) is 17.6. The summed E-state index contributed by atoms with van der Waals surface area (Å²) >= 11 is 5.19. The number of nitrogens with zero attached hydrogens (tertiary/aromatic N) is 4. The lowest BCUT2D eigenvalue weighted by Gasteiger charge is -2.03. The molecular weight excluding hydrogens is 402 g/mol. The summed E-state index contributed by atoms with van der Waals surface area (Å²) in [5.74, 6) is 2.82. The molecule has 8 heteroatoms. The number of hydrogen-bond donors (Lipinski definition) is 1. The van der Waals surface area contributed by atoms with Crippen molar-refractivity contribution in [1.82, 2.24) is 25.5 Å². The minimum atomic E-state index is 0.728. The molecule has 0 radical (unpaired) electrons. The normalized spacial score (nSPS) is 11.2. The van der Waals surface area contributed by atoms with Gasteiger partial charge in [0.15, 0.2) is 0 Å². The molecule has 0 fully saturated rings. The average Bonchev–Trinajstić information content (AvgIpc) is 3.23. The van der Waals surface area contributed by atoms with Gasteiger partial charge in [0, 0.05) is 22.8 Å². The van der Waals surface area contributed by atoms with Crippen molar-refractivity contribution in [3.05, 3.63) is 46.1 Å². The topological polar surface area (TPSA) is 68.8 Å². The van der Waals surface area contributed by atoms with Crippen molar-refractivity contribution >= 4 is 27.7 Å². The van der Waals surface area contributed by atoms with Crippen LogP contribution in [0.25, 0.3) is 11.3 Å². The van der Waals surface area contributed by atoms with E-state index in [-0.39, 0.29) is 0 Å². The predicted molar refractivity (Wildman–Crippen MR) is 102 cm³/mol. The second-order valence-corrected chi connectivity index (χ2v) is 7.61. The lowest BCUT2D eigenvalue weighted by molar-refractivity contribution is 0.494. The van der Waals surface area contributed by atoms with Crippen molar-refractivity contribution in [2.45, 2.75) is 25.0 Å². The quantitative estimate of drug-likeness (QED) is 0.440. The molecule has 0 bridgehead atoms. The van der Waals surface area contributed by atoms with Crippen LogP contribution < -0.4 is 5.32 Å². The Morgan fingerprint density at radius 1 is 1.28 bits per heavy atom. The number of aryl methyl sites for hydroxylation is 2. The van der Waals surface area contributed by atoms with Crippen molar-refractivity contribution in [3.63, 3.8) is 0 Å². The highest BCUT2D eigenvalue weighted by Crippen LogP contribution is 2.26. The molecule has 2 heterocycles. The number of tetrazole rings is 1. The summed E-state index contributed by atoms with van der Waals surface area (Å²) in [5, 5.41) is 15.6. The molecule has 25 heavy (non-hydrogen) atoms. The van der Waals surface area contributed by atoms with E-state index in [1.165, 1.54) is 5.56 Å². The molecule has 1 N–H and O–H groups in total. The number of thioether (sulfide) groups is 1. The number of nitrogens with one attached hydrogen (secondary N) is 1. The monoisotopic (exact) mass is 421 g/mol. The molecule has 0 saturated heterocycles. The Morgan fingerprint density at radius 2 is 2.16 bits per heavy atom. The first-order valence-corrected chi connectivity index (χ1v) is 9.82. The third-order valence-electron chi connectivity index (χ3n) is 3.71. The zero-order valence-electron chi connectivity index (χ0n) is 14.2. The largest absolute Gasteiger partial charge is 0.460 e. The molecule has 0 unspecified atom stereocenters. The fourth-order valence-corrected chi connectivity index (χ4v) is 3.38. The second kappa shape index (κ2) is 8.64. The van der Waals surface area contributed by atoms with E-state index in [1.54, 1.807) is 16.4 Å². The molecule has 0 aliphatic heterocycles. The maximum atomic E-state index is 5.93. The van der Waals surface area contributed by atoms with E-state index in [0.717, 1.165) is 52.0 Å². The van der Waals surface area contributed by atoms with Gasteiger partial charge in [-0.2, -0.15) is 0 Å².